The molecule has 5 nitrogen and oxygen atoms in total. The van der Waals surface area contributed by atoms with Crippen LogP contribution in [0.1, 0.15) is 21.5 Å². The van der Waals surface area contributed by atoms with Crippen molar-refractivity contribution >= 4 is 23.3 Å². The van der Waals surface area contributed by atoms with Crippen molar-refractivity contribution in [3.8, 4) is 0 Å². The predicted octanol–water partition coefficient (Wildman–Crippen LogP) is 2.79. The van der Waals surface area contributed by atoms with Crippen LogP contribution in [0.2, 0.25) is 0 Å². The van der Waals surface area contributed by atoms with Crippen LogP contribution in [-0.4, -0.2) is 29.1 Å². The van der Waals surface area contributed by atoms with Crippen molar-refractivity contribution in [3.05, 3.63) is 57.8 Å². The molecule has 2 rings (SSSR count). The normalized spacial score (nSPS) is 10.1. The molecule has 0 saturated carbocycles. The van der Waals surface area contributed by atoms with Gasteiger partial charge in [-0.2, -0.15) is 11.3 Å². The van der Waals surface area contributed by atoms with Gasteiger partial charge in [0.2, 0.25) is 0 Å². The van der Waals surface area contributed by atoms with Gasteiger partial charge >= 0.3 is 12.0 Å². The van der Waals surface area contributed by atoms with E-state index < -0.39 is 5.97 Å². The summed E-state index contributed by atoms with van der Waals surface area (Å²) in [7, 11) is 1.74. The number of carbonyl (C=O) groups excluding carboxylic acids is 1. The lowest BCUT2D eigenvalue weighted by Crippen LogP contribution is -2.36. The highest BCUT2D eigenvalue weighted by Crippen LogP contribution is 2.09. The van der Waals surface area contributed by atoms with Gasteiger partial charge in [-0.05, 0) is 40.1 Å². The van der Waals surface area contributed by atoms with E-state index in [9.17, 15) is 9.59 Å². The summed E-state index contributed by atoms with van der Waals surface area (Å²) in [4.78, 5) is 24.3. The molecule has 0 spiro atoms. The Hall–Kier alpha value is -2.34. The molecule has 0 unspecified atom stereocenters. The number of rotatable bonds is 5. The smallest absolute Gasteiger partial charge is 0.335 e. The number of thiophene rings is 1. The van der Waals surface area contributed by atoms with E-state index in [1.54, 1.807) is 35.4 Å². The molecule has 0 radical (unpaired) electrons. The average molecular weight is 304 g/mol. The molecule has 0 saturated heterocycles. The van der Waals surface area contributed by atoms with E-state index in [1.807, 2.05) is 16.8 Å². The number of benzene rings is 1. The monoisotopic (exact) mass is 304 g/mol. The van der Waals surface area contributed by atoms with Crippen molar-refractivity contribution < 1.29 is 14.7 Å². The van der Waals surface area contributed by atoms with Crippen LogP contribution >= 0.6 is 11.3 Å². The molecule has 1 heterocycles. The van der Waals surface area contributed by atoms with E-state index in [0.29, 0.717) is 13.1 Å². The summed E-state index contributed by atoms with van der Waals surface area (Å²) in [5.74, 6) is -0.957. The summed E-state index contributed by atoms with van der Waals surface area (Å²) in [6.07, 6.45) is 0. The van der Waals surface area contributed by atoms with E-state index in [-0.39, 0.29) is 11.6 Å². The molecule has 0 aliphatic carbocycles. The fourth-order valence-corrected chi connectivity index (χ4v) is 2.47. The maximum Gasteiger partial charge on any atom is 0.335 e. The van der Waals surface area contributed by atoms with Crippen molar-refractivity contribution in [2.24, 2.45) is 0 Å². The Labute approximate surface area is 126 Å². The molecule has 0 bridgehead atoms. The van der Waals surface area contributed by atoms with Crippen LogP contribution in [0.5, 0.6) is 0 Å². The molecule has 2 amide bonds. The SMILES string of the molecule is CN(Cc1ccsc1)C(=O)NCc1ccc(C(=O)O)cc1. The summed E-state index contributed by atoms with van der Waals surface area (Å²) in [6.45, 7) is 0.931. The number of hydrogen-bond acceptors (Lipinski definition) is 3. The fraction of sp³-hybridized carbons (Fsp3) is 0.200. The standard InChI is InChI=1S/C15H16N2O3S/c1-17(9-12-6-7-21-10-12)15(20)16-8-11-2-4-13(5-3-11)14(18)19/h2-7,10H,8-9H2,1H3,(H,16,20)(H,18,19). The molecular weight excluding hydrogens is 288 g/mol. The number of amides is 2. The highest BCUT2D eigenvalue weighted by atomic mass is 32.1. The van der Waals surface area contributed by atoms with Crippen LogP contribution in [0.15, 0.2) is 41.1 Å². The Balaban J connectivity index is 1.84. The average Bonchev–Trinajstić information content (AvgIpc) is 2.98. The second-order valence-electron chi connectivity index (χ2n) is 4.65. The number of nitrogens with zero attached hydrogens (tertiary/aromatic N) is 1. The van der Waals surface area contributed by atoms with Crippen molar-refractivity contribution in [1.82, 2.24) is 10.2 Å². The lowest BCUT2D eigenvalue weighted by molar-refractivity contribution is 0.0697. The number of aromatic carboxylic acids is 1. The third-order valence-corrected chi connectivity index (χ3v) is 3.72. The van der Waals surface area contributed by atoms with Gasteiger partial charge in [0.1, 0.15) is 0 Å². The zero-order valence-corrected chi connectivity index (χ0v) is 12.4. The number of carboxylic acid groups (broad SMARTS) is 1. The van der Waals surface area contributed by atoms with Crippen LogP contribution in [0.4, 0.5) is 4.79 Å². The summed E-state index contributed by atoms with van der Waals surface area (Å²) < 4.78 is 0. The van der Waals surface area contributed by atoms with Crippen molar-refractivity contribution in [1.29, 1.82) is 0 Å². The molecule has 1 aromatic heterocycles. The minimum absolute atomic E-state index is 0.163. The van der Waals surface area contributed by atoms with E-state index in [0.717, 1.165) is 11.1 Å². The first-order valence-electron chi connectivity index (χ1n) is 6.38. The molecule has 6 heteroatoms. The molecule has 2 N–H and O–H groups in total. The number of carboxylic acids is 1. The van der Waals surface area contributed by atoms with E-state index >= 15 is 0 Å². The Morgan fingerprint density at radius 2 is 1.90 bits per heavy atom. The summed E-state index contributed by atoms with van der Waals surface area (Å²) in [6, 6.07) is 8.27. The Kier molecular flexibility index (Phi) is 4.94. The number of hydrogen-bond donors (Lipinski definition) is 2. The van der Waals surface area contributed by atoms with Crippen LogP contribution in [0.3, 0.4) is 0 Å². The molecule has 0 atom stereocenters. The lowest BCUT2D eigenvalue weighted by Gasteiger charge is -2.17. The van der Waals surface area contributed by atoms with E-state index in [1.165, 1.54) is 12.1 Å². The van der Waals surface area contributed by atoms with Crippen LogP contribution in [0, 0.1) is 0 Å². The molecular formula is C15H16N2O3S. The minimum Gasteiger partial charge on any atom is -0.478 e. The molecule has 1 aromatic carbocycles. The lowest BCUT2D eigenvalue weighted by atomic mass is 10.1. The van der Waals surface area contributed by atoms with Crippen LogP contribution in [0.25, 0.3) is 0 Å². The Bertz CT molecular complexity index is 608. The van der Waals surface area contributed by atoms with Crippen molar-refractivity contribution in [2.75, 3.05) is 7.05 Å². The van der Waals surface area contributed by atoms with Crippen molar-refractivity contribution in [3.63, 3.8) is 0 Å². The number of nitrogens with one attached hydrogen (secondary N) is 1. The number of urea groups is 1. The second-order valence-corrected chi connectivity index (χ2v) is 5.43. The predicted molar refractivity (Wildman–Crippen MR) is 81.4 cm³/mol. The van der Waals surface area contributed by atoms with Gasteiger partial charge in [-0.1, -0.05) is 12.1 Å². The zero-order valence-electron chi connectivity index (χ0n) is 11.6. The quantitative estimate of drug-likeness (QED) is 0.892. The summed E-state index contributed by atoms with van der Waals surface area (Å²) >= 11 is 1.60. The number of carbonyl (C=O) groups is 2. The Morgan fingerprint density at radius 1 is 1.19 bits per heavy atom. The third kappa shape index (κ3) is 4.32. The second kappa shape index (κ2) is 6.90. The maximum absolute atomic E-state index is 11.9. The Morgan fingerprint density at radius 3 is 2.48 bits per heavy atom. The molecule has 0 fully saturated rings. The van der Waals surface area contributed by atoms with E-state index in [4.69, 9.17) is 5.11 Å². The first-order chi connectivity index (χ1) is 10.1. The van der Waals surface area contributed by atoms with Gasteiger partial charge in [0.05, 0.1) is 5.56 Å². The van der Waals surface area contributed by atoms with Gasteiger partial charge in [-0.25, -0.2) is 9.59 Å². The van der Waals surface area contributed by atoms with Gasteiger partial charge in [-0.3, -0.25) is 0 Å². The zero-order chi connectivity index (χ0) is 15.2. The molecule has 110 valence electrons. The van der Waals surface area contributed by atoms with Crippen LogP contribution in [-0.2, 0) is 13.1 Å². The van der Waals surface area contributed by atoms with Crippen LogP contribution < -0.4 is 5.32 Å². The topological polar surface area (TPSA) is 69.6 Å². The minimum atomic E-state index is -0.957. The largest absolute Gasteiger partial charge is 0.478 e. The van der Waals surface area contributed by atoms with Gasteiger partial charge in [-0.15, -0.1) is 0 Å². The first kappa shape index (κ1) is 15.1. The molecule has 2 aromatic rings. The highest BCUT2D eigenvalue weighted by Gasteiger charge is 2.09. The third-order valence-electron chi connectivity index (χ3n) is 2.99. The van der Waals surface area contributed by atoms with E-state index in [2.05, 4.69) is 5.32 Å². The molecule has 0 aliphatic heterocycles. The van der Waals surface area contributed by atoms with Gasteiger partial charge < -0.3 is 15.3 Å². The first-order valence-corrected chi connectivity index (χ1v) is 7.33. The fourth-order valence-electron chi connectivity index (χ4n) is 1.81. The summed E-state index contributed by atoms with van der Waals surface area (Å²) in [5.41, 5.74) is 2.19. The highest BCUT2D eigenvalue weighted by molar-refractivity contribution is 7.07. The van der Waals surface area contributed by atoms with Crippen molar-refractivity contribution in [2.45, 2.75) is 13.1 Å². The van der Waals surface area contributed by atoms with Gasteiger partial charge in [0.15, 0.2) is 0 Å². The maximum atomic E-state index is 11.9. The van der Waals surface area contributed by atoms with Gasteiger partial charge in [0.25, 0.3) is 0 Å². The molecule has 21 heavy (non-hydrogen) atoms. The molecule has 0 aliphatic rings. The summed E-state index contributed by atoms with van der Waals surface area (Å²) in [5, 5.41) is 15.6. The van der Waals surface area contributed by atoms with Gasteiger partial charge in [0, 0.05) is 20.1 Å².